The van der Waals surface area contributed by atoms with Crippen LogP contribution in [0.1, 0.15) is 32.3 Å². The summed E-state index contributed by atoms with van der Waals surface area (Å²) in [6.45, 7) is 6.59. The second kappa shape index (κ2) is 6.07. The molecule has 0 aliphatic heterocycles. The minimum atomic E-state index is 0.679. The van der Waals surface area contributed by atoms with Crippen molar-refractivity contribution in [2.75, 3.05) is 18.5 Å². The zero-order valence-corrected chi connectivity index (χ0v) is 13.1. The van der Waals surface area contributed by atoms with Crippen molar-refractivity contribution in [1.82, 2.24) is 5.32 Å². The number of hydrogen-bond acceptors (Lipinski definition) is 2. The van der Waals surface area contributed by atoms with Crippen molar-refractivity contribution in [3.8, 4) is 0 Å². The molecule has 1 aromatic rings. The number of benzene rings is 1. The Bertz CT molecular complexity index is 399. The molecule has 0 bridgehead atoms. The molecule has 1 aliphatic rings. The van der Waals surface area contributed by atoms with Crippen molar-refractivity contribution in [3.63, 3.8) is 0 Å². The molecule has 2 rings (SSSR count). The van der Waals surface area contributed by atoms with Crippen LogP contribution in [0.15, 0.2) is 22.7 Å². The van der Waals surface area contributed by atoms with Gasteiger partial charge in [0.25, 0.3) is 0 Å². The molecule has 0 spiro atoms. The average Bonchev–Trinajstić information content (AvgIpc) is 3.10. The van der Waals surface area contributed by atoms with Gasteiger partial charge >= 0.3 is 0 Å². The van der Waals surface area contributed by atoms with E-state index in [2.05, 4.69) is 65.2 Å². The number of halogens is 1. The molecule has 0 unspecified atom stereocenters. The van der Waals surface area contributed by atoms with E-state index in [1.165, 1.54) is 24.1 Å². The minimum absolute atomic E-state index is 0.679. The maximum Gasteiger partial charge on any atom is 0.0420 e. The van der Waals surface area contributed by atoms with E-state index < -0.39 is 0 Å². The molecule has 0 radical (unpaired) electrons. The van der Waals surface area contributed by atoms with E-state index in [-0.39, 0.29) is 0 Å². The van der Waals surface area contributed by atoms with Gasteiger partial charge in [-0.3, -0.25) is 0 Å². The van der Waals surface area contributed by atoms with E-state index in [1.807, 2.05) is 0 Å². The Morgan fingerprint density at radius 3 is 2.72 bits per heavy atom. The van der Waals surface area contributed by atoms with Gasteiger partial charge in [0, 0.05) is 36.3 Å². The van der Waals surface area contributed by atoms with Gasteiger partial charge in [0.1, 0.15) is 0 Å². The maximum atomic E-state index is 3.60. The molecular weight excluding hydrogens is 288 g/mol. The first-order valence-corrected chi connectivity index (χ1v) is 7.58. The Hall–Kier alpha value is -0.540. The Morgan fingerprint density at radius 1 is 1.39 bits per heavy atom. The Kier molecular flexibility index (Phi) is 4.68. The first-order chi connectivity index (χ1) is 8.56. The van der Waals surface area contributed by atoms with Gasteiger partial charge in [0.15, 0.2) is 0 Å². The monoisotopic (exact) mass is 310 g/mol. The summed E-state index contributed by atoms with van der Waals surface area (Å²) >= 11 is 3.58. The van der Waals surface area contributed by atoms with E-state index in [9.17, 15) is 0 Å². The lowest BCUT2D eigenvalue weighted by Gasteiger charge is -2.25. The molecule has 0 saturated heterocycles. The van der Waals surface area contributed by atoms with Crippen LogP contribution in [0.25, 0.3) is 0 Å². The molecular formula is C15H23BrN2. The molecule has 2 nitrogen and oxygen atoms in total. The number of anilines is 1. The van der Waals surface area contributed by atoms with Crippen LogP contribution in [0.5, 0.6) is 0 Å². The molecule has 100 valence electrons. The van der Waals surface area contributed by atoms with Gasteiger partial charge in [-0.2, -0.15) is 0 Å². The first kappa shape index (κ1) is 13.9. The standard InChI is InChI=1S/C15H23BrN2/c1-11(2)10-18(3)15-8-13(16)5-4-12(15)9-17-14-6-7-14/h4-5,8,11,14,17H,6-7,9-10H2,1-3H3. The Balaban J connectivity index is 2.10. The van der Waals surface area contributed by atoms with Gasteiger partial charge in [-0.15, -0.1) is 0 Å². The van der Waals surface area contributed by atoms with Crippen molar-refractivity contribution in [1.29, 1.82) is 0 Å². The average molecular weight is 311 g/mol. The maximum absolute atomic E-state index is 3.60. The molecule has 18 heavy (non-hydrogen) atoms. The summed E-state index contributed by atoms with van der Waals surface area (Å²) in [5, 5.41) is 3.60. The highest BCUT2D eigenvalue weighted by atomic mass is 79.9. The zero-order chi connectivity index (χ0) is 13.1. The molecule has 0 heterocycles. The Labute approximate surface area is 119 Å². The lowest BCUT2D eigenvalue weighted by Crippen LogP contribution is -2.25. The van der Waals surface area contributed by atoms with Crippen LogP contribution in [-0.4, -0.2) is 19.6 Å². The predicted molar refractivity (Wildman–Crippen MR) is 82.1 cm³/mol. The Morgan fingerprint density at radius 2 is 2.11 bits per heavy atom. The summed E-state index contributed by atoms with van der Waals surface area (Å²) in [5.74, 6) is 0.679. The zero-order valence-electron chi connectivity index (χ0n) is 11.5. The molecule has 1 N–H and O–H groups in total. The first-order valence-electron chi connectivity index (χ1n) is 6.79. The summed E-state index contributed by atoms with van der Waals surface area (Å²) in [5.41, 5.74) is 2.74. The summed E-state index contributed by atoms with van der Waals surface area (Å²) in [6, 6.07) is 7.35. The van der Waals surface area contributed by atoms with Crippen LogP contribution in [0.3, 0.4) is 0 Å². The predicted octanol–water partition coefficient (Wildman–Crippen LogP) is 3.79. The van der Waals surface area contributed by atoms with Crippen LogP contribution in [0.2, 0.25) is 0 Å². The third kappa shape index (κ3) is 3.99. The molecule has 1 aliphatic carbocycles. The summed E-state index contributed by atoms with van der Waals surface area (Å²) < 4.78 is 1.16. The van der Waals surface area contributed by atoms with Crippen molar-refractivity contribution in [2.45, 2.75) is 39.3 Å². The van der Waals surface area contributed by atoms with Crippen LogP contribution in [0.4, 0.5) is 5.69 Å². The summed E-state index contributed by atoms with van der Waals surface area (Å²) in [6.07, 6.45) is 2.68. The van der Waals surface area contributed by atoms with E-state index in [0.717, 1.165) is 23.6 Å². The van der Waals surface area contributed by atoms with Gasteiger partial charge in [0.05, 0.1) is 0 Å². The third-order valence-corrected chi connectivity index (χ3v) is 3.75. The van der Waals surface area contributed by atoms with E-state index in [0.29, 0.717) is 5.92 Å². The van der Waals surface area contributed by atoms with Crippen molar-refractivity contribution >= 4 is 21.6 Å². The largest absolute Gasteiger partial charge is 0.374 e. The fourth-order valence-corrected chi connectivity index (χ4v) is 2.58. The van der Waals surface area contributed by atoms with E-state index >= 15 is 0 Å². The van der Waals surface area contributed by atoms with Crippen LogP contribution in [0, 0.1) is 5.92 Å². The highest BCUT2D eigenvalue weighted by Gasteiger charge is 2.20. The fourth-order valence-electron chi connectivity index (χ4n) is 2.23. The van der Waals surface area contributed by atoms with Crippen molar-refractivity contribution < 1.29 is 0 Å². The number of nitrogens with zero attached hydrogens (tertiary/aromatic N) is 1. The second-order valence-electron chi connectivity index (χ2n) is 5.70. The van der Waals surface area contributed by atoms with Crippen LogP contribution < -0.4 is 10.2 Å². The van der Waals surface area contributed by atoms with E-state index in [4.69, 9.17) is 0 Å². The SMILES string of the molecule is CC(C)CN(C)c1cc(Br)ccc1CNC1CC1. The van der Waals surface area contributed by atoms with Crippen LogP contribution >= 0.6 is 15.9 Å². The molecule has 0 aromatic heterocycles. The highest BCUT2D eigenvalue weighted by Crippen LogP contribution is 2.26. The summed E-state index contributed by atoms with van der Waals surface area (Å²) in [7, 11) is 2.18. The number of hydrogen-bond donors (Lipinski definition) is 1. The smallest absolute Gasteiger partial charge is 0.0420 e. The molecule has 1 saturated carbocycles. The van der Waals surface area contributed by atoms with Crippen molar-refractivity contribution in [3.05, 3.63) is 28.2 Å². The quantitative estimate of drug-likeness (QED) is 0.860. The number of rotatable bonds is 6. The fraction of sp³-hybridized carbons (Fsp3) is 0.600. The van der Waals surface area contributed by atoms with Crippen molar-refractivity contribution in [2.24, 2.45) is 5.92 Å². The van der Waals surface area contributed by atoms with Gasteiger partial charge in [-0.1, -0.05) is 35.8 Å². The van der Waals surface area contributed by atoms with E-state index in [1.54, 1.807) is 0 Å². The molecule has 0 amide bonds. The lowest BCUT2D eigenvalue weighted by atomic mass is 10.1. The minimum Gasteiger partial charge on any atom is -0.374 e. The van der Waals surface area contributed by atoms with Gasteiger partial charge in [0.2, 0.25) is 0 Å². The second-order valence-corrected chi connectivity index (χ2v) is 6.62. The molecule has 3 heteroatoms. The summed E-state index contributed by atoms with van der Waals surface area (Å²) in [4.78, 5) is 2.36. The molecule has 1 aromatic carbocycles. The lowest BCUT2D eigenvalue weighted by molar-refractivity contribution is 0.632. The van der Waals surface area contributed by atoms with Crippen LogP contribution in [-0.2, 0) is 6.54 Å². The number of nitrogens with one attached hydrogen (secondary N) is 1. The van der Waals surface area contributed by atoms with Gasteiger partial charge in [-0.25, -0.2) is 0 Å². The topological polar surface area (TPSA) is 15.3 Å². The van der Waals surface area contributed by atoms with Gasteiger partial charge < -0.3 is 10.2 Å². The normalized spacial score (nSPS) is 15.2. The molecule has 1 fully saturated rings. The highest BCUT2D eigenvalue weighted by molar-refractivity contribution is 9.10. The van der Waals surface area contributed by atoms with Gasteiger partial charge in [-0.05, 0) is 36.5 Å². The molecule has 0 atom stereocenters. The third-order valence-electron chi connectivity index (χ3n) is 3.26.